The zero-order valence-electron chi connectivity index (χ0n) is 12.5. The highest BCUT2D eigenvalue weighted by molar-refractivity contribution is 5.38. The number of hydroxylamine groups is 2. The Morgan fingerprint density at radius 2 is 1.50 bits per heavy atom. The number of nitrogens with two attached hydrogens (primary N) is 1. The molecule has 0 radical (unpaired) electrons. The van der Waals surface area contributed by atoms with E-state index in [2.05, 4.69) is 69.3 Å². The molecule has 3 nitrogen and oxygen atoms in total. The van der Waals surface area contributed by atoms with E-state index < -0.39 is 0 Å². The van der Waals surface area contributed by atoms with Crippen molar-refractivity contribution in [3.8, 4) is 48.1 Å². The van der Waals surface area contributed by atoms with Crippen LogP contribution in [0.25, 0.3) is 0 Å². The van der Waals surface area contributed by atoms with Crippen LogP contribution in [0.2, 0.25) is 0 Å². The monoisotopic (exact) mass is 268 g/mol. The molecule has 0 unspecified atom stereocenters. The van der Waals surface area contributed by atoms with Gasteiger partial charge in [0.15, 0.2) is 6.11 Å². The Bertz CT molecular complexity index is 558. The molecule has 0 aromatic carbocycles. The van der Waals surface area contributed by atoms with Crippen molar-refractivity contribution in [3.63, 3.8) is 0 Å². The van der Waals surface area contributed by atoms with Gasteiger partial charge in [-0.2, -0.15) is 0 Å². The van der Waals surface area contributed by atoms with Crippen LogP contribution < -0.4 is 5.73 Å². The molecule has 0 spiro atoms. The van der Waals surface area contributed by atoms with Crippen LogP contribution in [0, 0.1) is 48.1 Å². The van der Waals surface area contributed by atoms with Crippen molar-refractivity contribution in [1.82, 2.24) is 5.06 Å². The third-order valence-corrected chi connectivity index (χ3v) is 3.13. The normalized spacial score (nSPS) is 20.0. The molecule has 2 N–H and O–H groups in total. The van der Waals surface area contributed by atoms with Gasteiger partial charge < -0.3 is 10.6 Å². The van der Waals surface area contributed by atoms with Crippen LogP contribution in [0.3, 0.4) is 0 Å². The number of rotatable bonds is 1. The molecule has 104 valence electrons. The average molecular weight is 268 g/mol. The molecular weight excluding hydrogens is 248 g/mol. The Kier molecular flexibility index (Phi) is 5.13. The van der Waals surface area contributed by atoms with Gasteiger partial charge in [0.25, 0.3) is 0 Å². The number of piperidine rings is 1. The molecule has 0 bridgehead atoms. The molecule has 0 amide bonds. The molecule has 1 fully saturated rings. The van der Waals surface area contributed by atoms with Crippen LogP contribution in [0.4, 0.5) is 0 Å². The van der Waals surface area contributed by atoms with Gasteiger partial charge in [0.1, 0.15) is 0 Å². The van der Waals surface area contributed by atoms with E-state index in [0.29, 0.717) is 0 Å². The van der Waals surface area contributed by atoms with Gasteiger partial charge in [0.2, 0.25) is 0 Å². The highest BCUT2D eigenvalue weighted by Crippen LogP contribution is 2.37. The fraction of sp³-hybridized carbons (Fsp3) is 0.529. The summed E-state index contributed by atoms with van der Waals surface area (Å²) in [5.41, 5.74) is 5.75. The fourth-order valence-electron chi connectivity index (χ4n) is 2.81. The zero-order chi connectivity index (χ0) is 15.2. The minimum absolute atomic E-state index is 0.173. The average Bonchev–Trinajstić information content (AvgIpc) is 2.28. The largest absolute Gasteiger partial charge is 0.351 e. The molecule has 1 heterocycles. The highest BCUT2D eigenvalue weighted by Gasteiger charge is 2.46. The van der Waals surface area contributed by atoms with E-state index in [1.807, 2.05) is 5.06 Å². The summed E-state index contributed by atoms with van der Waals surface area (Å²) in [6.45, 7) is 8.39. The molecule has 0 aromatic heterocycles. The first-order chi connectivity index (χ1) is 9.29. The Labute approximate surface area is 122 Å². The topological polar surface area (TPSA) is 38.5 Å². The number of nitrogens with zero attached hydrogens (tertiary/aromatic N) is 1. The molecule has 0 atom stereocenters. The van der Waals surface area contributed by atoms with E-state index in [4.69, 9.17) is 17.0 Å². The van der Waals surface area contributed by atoms with Crippen LogP contribution in [-0.4, -0.2) is 22.2 Å². The van der Waals surface area contributed by atoms with Crippen LogP contribution in [0.1, 0.15) is 40.5 Å². The van der Waals surface area contributed by atoms with Crippen LogP contribution in [0.15, 0.2) is 0 Å². The molecule has 20 heavy (non-hydrogen) atoms. The predicted molar refractivity (Wildman–Crippen MR) is 80.5 cm³/mol. The lowest BCUT2D eigenvalue weighted by atomic mass is 9.79. The van der Waals surface area contributed by atoms with Crippen molar-refractivity contribution < 1.29 is 4.84 Å². The van der Waals surface area contributed by atoms with Gasteiger partial charge in [0.05, 0.1) is 11.1 Å². The van der Waals surface area contributed by atoms with E-state index in [9.17, 15) is 0 Å². The summed E-state index contributed by atoms with van der Waals surface area (Å²) in [6, 6.07) is 0.173. The smallest absolute Gasteiger partial charge is 0.152 e. The van der Waals surface area contributed by atoms with Gasteiger partial charge in [-0.15, -0.1) is 11.5 Å². The first kappa shape index (κ1) is 16.0. The first-order valence-corrected chi connectivity index (χ1v) is 6.48. The van der Waals surface area contributed by atoms with Crippen molar-refractivity contribution in [3.05, 3.63) is 0 Å². The Hall–Kier alpha value is -2.04. The van der Waals surface area contributed by atoms with Gasteiger partial charge in [-0.3, -0.25) is 0 Å². The summed E-state index contributed by atoms with van der Waals surface area (Å²) in [4.78, 5) is 5.59. The lowest BCUT2D eigenvalue weighted by Gasteiger charge is -2.51. The maximum atomic E-state index is 6.10. The van der Waals surface area contributed by atoms with E-state index in [1.165, 1.54) is 0 Å². The summed E-state index contributed by atoms with van der Waals surface area (Å²) in [7, 11) is 0. The lowest BCUT2D eigenvalue weighted by Crippen LogP contribution is -2.62. The van der Waals surface area contributed by atoms with E-state index in [0.717, 1.165) is 12.8 Å². The molecular formula is C17H20N2O. The Morgan fingerprint density at radius 1 is 1.00 bits per heavy atom. The molecule has 1 aliphatic heterocycles. The fourth-order valence-corrected chi connectivity index (χ4v) is 2.81. The summed E-state index contributed by atoms with van der Waals surface area (Å²) < 4.78 is 0. The van der Waals surface area contributed by atoms with Crippen molar-refractivity contribution >= 4 is 0 Å². The van der Waals surface area contributed by atoms with E-state index in [1.54, 1.807) is 0 Å². The molecule has 1 rings (SSSR count). The second kappa shape index (κ2) is 6.41. The minimum atomic E-state index is -0.174. The molecule has 0 saturated carbocycles. The maximum Gasteiger partial charge on any atom is 0.152 e. The molecule has 0 aliphatic carbocycles. The predicted octanol–water partition coefficient (Wildman–Crippen LogP) is 1.50. The molecule has 3 heteroatoms. The van der Waals surface area contributed by atoms with Crippen molar-refractivity contribution in [2.75, 3.05) is 0 Å². The summed E-state index contributed by atoms with van der Waals surface area (Å²) in [5.74, 6) is 14.7. The number of terminal acetylenes is 1. The summed E-state index contributed by atoms with van der Waals surface area (Å²) >= 11 is 0. The zero-order valence-corrected chi connectivity index (χ0v) is 12.5. The van der Waals surface area contributed by atoms with Crippen LogP contribution in [0.5, 0.6) is 0 Å². The third kappa shape index (κ3) is 4.26. The Morgan fingerprint density at radius 3 is 2.05 bits per heavy atom. The SMILES string of the molecule is C#CC#CC#CC#CON1C(C)(C)CC(N)CC1(C)C. The van der Waals surface area contributed by atoms with E-state index in [-0.39, 0.29) is 17.1 Å². The van der Waals surface area contributed by atoms with Crippen molar-refractivity contribution in [2.24, 2.45) is 5.73 Å². The first-order valence-electron chi connectivity index (χ1n) is 6.48. The Balaban J connectivity index is 2.77. The highest BCUT2D eigenvalue weighted by atomic mass is 16.7. The van der Waals surface area contributed by atoms with Crippen LogP contribution in [-0.2, 0) is 4.84 Å². The molecule has 1 aliphatic rings. The number of hydrogen-bond acceptors (Lipinski definition) is 3. The summed E-state index contributed by atoms with van der Waals surface area (Å²) in [6.07, 6.45) is 9.29. The molecule has 0 aromatic rings. The van der Waals surface area contributed by atoms with Gasteiger partial charge >= 0.3 is 0 Å². The quantitative estimate of drug-likeness (QED) is 0.732. The second-order valence-electron chi connectivity index (χ2n) is 6.05. The summed E-state index contributed by atoms with van der Waals surface area (Å²) in [5, 5.41) is 1.91. The number of hydrogen-bond donors (Lipinski definition) is 1. The van der Waals surface area contributed by atoms with E-state index >= 15 is 0 Å². The maximum absolute atomic E-state index is 6.10. The van der Waals surface area contributed by atoms with Crippen molar-refractivity contribution in [2.45, 2.75) is 57.7 Å². The standard InChI is InChI=1S/C17H20N2O/c1-6-7-8-9-10-11-12-20-19-16(2,3)13-15(18)14-17(19,4)5/h1,15H,13-14,18H2,2-5H3. The third-order valence-electron chi connectivity index (χ3n) is 3.13. The van der Waals surface area contributed by atoms with Gasteiger partial charge in [-0.25, -0.2) is 0 Å². The van der Waals surface area contributed by atoms with Gasteiger partial charge in [0, 0.05) is 23.8 Å². The van der Waals surface area contributed by atoms with Crippen LogP contribution >= 0.6 is 0 Å². The lowest BCUT2D eigenvalue weighted by molar-refractivity contribution is -0.240. The van der Waals surface area contributed by atoms with Crippen molar-refractivity contribution in [1.29, 1.82) is 0 Å². The minimum Gasteiger partial charge on any atom is -0.351 e. The second-order valence-corrected chi connectivity index (χ2v) is 6.05. The van der Waals surface area contributed by atoms with Gasteiger partial charge in [-0.1, -0.05) is 0 Å². The van der Waals surface area contributed by atoms with Gasteiger partial charge in [-0.05, 0) is 58.3 Å². The molecule has 1 saturated heterocycles.